The van der Waals surface area contributed by atoms with Crippen molar-refractivity contribution >= 4 is 21.6 Å². The Labute approximate surface area is 162 Å². The minimum atomic E-state index is -3.64. The zero-order valence-electron chi connectivity index (χ0n) is 15.3. The standard InChI is InChI=1S/C19H20N4O4S/c1-13-18(28(25,26)23-9-2-3-10-23)12-17(27-13)19(24)21-15-6-4-5-14(11-15)16-7-8-20-22-16/h4-8,11-12H,2-3,9-10H2,1H3,(H,20,22)(H,21,24). The normalized spacial score (nSPS) is 15.0. The molecule has 1 amide bonds. The van der Waals surface area contributed by atoms with Gasteiger partial charge in [0, 0.05) is 36.6 Å². The molecule has 0 saturated carbocycles. The third-order valence-corrected chi connectivity index (χ3v) is 6.72. The van der Waals surface area contributed by atoms with E-state index in [1.54, 1.807) is 25.3 Å². The van der Waals surface area contributed by atoms with Crippen LogP contribution in [0.5, 0.6) is 0 Å². The molecule has 0 spiro atoms. The van der Waals surface area contributed by atoms with Crippen LogP contribution in [0.25, 0.3) is 11.3 Å². The van der Waals surface area contributed by atoms with E-state index < -0.39 is 15.9 Å². The van der Waals surface area contributed by atoms with Gasteiger partial charge >= 0.3 is 0 Å². The van der Waals surface area contributed by atoms with Gasteiger partial charge in [-0.15, -0.1) is 0 Å². The minimum absolute atomic E-state index is 0.0396. The van der Waals surface area contributed by atoms with Gasteiger partial charge in [0.1, 0.15) is 10.7 Å². The number of nitrogens with one attached hydrogen (secondary N) is 2. The summed E-state index contributed by atoms with van der Waals surface area (Å²) in [7, 11) is -3.64. The number of H-pyrrole nitrogens is 1. The first-order chi connectivity index (χ1) is 13.4. The number of hydrogen-bond acceptors (Lipinski definition) is 5. The van der Waals surface area contributed by atoms with Gasteiger partial charge in [-0.25, -0.2) is 8.42 Å². The highest BCUT2D eigenvalue weighted by Crippen LogP contribution is 2.27. The van der Waals surface area contributed by atoms with Crippen molar-refractivity contribution in [2.45, 2.75) is 24.7 Å². The maximum atomic E-state index is 12.8. The quantitative estimate of drug-likeness (QED) is 0.684. The second kappa shape index (κ2) is 7.25. The molecule has 0 radical (unpaired) electrons. The number of carbonyl (C=O) groups excluding carboxylic acids is 1. The van der Waals surface area contributed by atoms with Gasteiger partial charge in [-0.1, -0.05) is 12.1 Å². The summed E-state index contributed by atoms with van der Waals surface area (Å²) in [5, 5.41) is 9.53. The van der Waals surface area contributed by atoms with Crippen molar-refractivity contribution in [1.29, 1.82) is 0 Å². The molecule has 4 rings (SSSR count). The van der Waals surface area contributed by atoms with E-state index >= 15 is 0 Å². The number of aromatic nitrogens is 2. The number of carbonyl (C=O) groups is 1. The number of aryl methyl sites for hydroxylation is 1. The summed E-state index contributed by atoms with van der Waals surface area (Å²) >= 11 is 0. The van der Waals surface area contributed by atoms with Crippen LogP contribution < -0.4 is 5.32 Å². The van der Waals surface area contributed by atoms with Gasteiger partial charge in [-0.2, -0.15) is 9.40 Å². The van der Waals surface area contributed by atoms with Crippen LogP contribution in [0.15, 0.2) is 51.9 Å². The molecule has 0 aliphatic carbocycles. The number of furan rings is 1. The Morgan fingerprint density at radius 2 is 2.00 bits per heavy atom. The Kier molecular flexibility index (Phi) is 4.78. The molecule has 1 aliphatic heterocycles. The average Bonchev–Trinajstić information content (AvgIpc) is 3.43. The van der Waals surface area contributed by atoms with Gasteiger partial charge < -0.3 is 9.73 Å². The molecule has 0 bridgehead atoms. The van der Waals surface area contributed by atoms with E-state index in [-0.39, 0.29) is 16.4 Å². The summed E-state index contributed by atoms with van der Waals surface area (Å²) in [6, 6.07) is 10.4. The monoisotopic (exact) mass is 400 g/mol. The highest BCUT2D eigenvalue weighted by Gasteiger charge is 2.31. The summed E-state index contributed by atoms with van der Waals surface area (Å²) in [5.74, 6) is -0.335. The molecule has 1 aliphatic rings. The molecule has 0 unspecified atom stereocenters. The predicted octanol–water partition coefficient (Wildman–Crippen LogP) is 3.01. The molecule has 3 aromatic rings. The molecular weight excluding hydrogens is 380 g/mol. The average molecular weight is 400 g/mol. The van der Waals surface area contributed by atoms with Crippen molar-refractivity contribution in [1.82, 2.24) is 14.5 Å². The summed E-state index contributed by atoms with van der Waals surface area (Å²) in [6.45, 7) is 2.54. The molecule has 0 atom stereocenters. The van der Waals surface area contributed by atoms with Crippen LogP contribution >= 0.6 is 0 Å². The van der Waals surface area contributed by atoms with Gasteiger partial charge in [-0.05, 0) is 38.0 Å². The second-order valence-corrected chi connectivity index (χ2v) is 8.55. The van der Waals surface area contributed by atoms with Crippen molar-refractivity contribution in [3.8, 4) is 11.3 Å². The fraction of sp³-hybridized carbons (Fsp3) is 0.263. The Bertz CT molecular complexity index is 1100. The molecule has 146 valence electrons. The zero-order chi connectivity index (χ0) is 19.7. The Balaban J connectivity index is 1.56. The lowest BCUT2D eigenvalue weighted by atomic mass is 10.1. The topological polar surface area (TPSA) is 108 Å². The molecule has 28 heavy (non-hydrogen) atoms. The number of rotatable bonds is 5. The van der Waals surface area contributed by atoms with Gasteiger partial charge in [-0.3, -0.25) is 9.89 Å². The van der Waals surface area contributed by atoms with Crippen molar-refractivity contribution in [2.24, 2.45) is 0 Å². The number of aromatic amines is 1. The second-order valence-electron chi connectivity index (χ2n) is 6.65. The van der Waals surface area contributed by atoms with Gasteiger partial charge in [0.25, 0.3) is 5.91 Å². The third kappa shape index (κ3) is 3.46. The van der Waals surface area contributed by atoms with Crippen LogP contribution in [0.4, 0.5) is 5.69 Å². The number of benzene rings is 1. The predicted molar refractivity (Wildman–Crippen MR) is 103 cm³/mol. The number of hydrogen-bond donors (Lipinski definition) is 2. The third-order valence-electron chi connectivity index (χ3n) is 4.71. The molecule has 1 saturated heterocycles. The summed E-state index contributed by atoms with van der Waals surface area (Å²) < 4.78 is 32.4. The minimum Gasteiger partial charge on any atom is -0.455 e. The van der Waals surface area contributed by atoms with E-state index in [1.165, 1.54) is 10.4 Å². The molecule has 1 aromatic carbocycles. The Morgan fingerprint density at radius 1 is 1.21 bits per heavy atom. The lowest BCUT2D eigenvalue weighted by Crippen LogP contribution is -2.28. The SMILES string of the molecule is Cc1oc(C(=O)Nc2cccc(-c3ccn[nH]3)c2)cc1S(=O)(=O)N1CCCC1. The first-order valence-corrected chi connectivity index (χ1v) is 10.4. The molecule has 1 fully saturated rings. The van der Waals surface area contributed by atoms with E-state index in [0.29, 0.717) is 18.8 Å². The highest BCUT2D eigenvalue weighted by atomic mass is 32.2. The number of sulfonamides is 1. The maximum absolute atomic E-state index is 12.8. The van der Waals surface area contributed by atoms with Crippen molar-refractivity contribution in [3.05, 3.63) is 54.1 Å². The van der Waals surface area contributed by atoms with Crippen molar-refractivity contribution in [3.63, 3.8) is 0 Å². The first-order valence-electron chi connectivity index (χ1n) is 8.97. The lowest BCUT2D eigenvalue weighted by Gasteiger charge is -2.14. The molecule has 3 heterocycles. The molecule has 9 heteroatoms. The smallest absolute Gasteiger partial charge is 0.291 e. The first kappa shape index (κ1) is 18.5. The van der Waals surface area contributed by atoms with Crippen LogP contribution in [0, 0.1) is 6.92 Å². The van der Waals surface area contributed by atoms with E-state index in [0.717, 1.165) is 24.1 Å². The fourth-order valence-electron chi connectivity index (χ4n) is 3.27. The lowest BCUT2D eigenvalue weighted by molar-refractivity contribution is 0.0995. The number of amides is 1. The Morgan fingerprint density at radius 3 is 2.71 bits per heavy atom. The largest absolute Gasteiger partial charge is 0.455 e. The van der Waals surface area contributed by atoms with Crippen LogP contribution in [0.1, 0.15) is 29.2 Å². The molecule has 2 aromatic heterocycles. The fourth-order valence-corrected chi connectivity index (χ4v) is 4.95. The molecule has 2 N–H and O–H groups in total. The Hall–Kier alpha value is -2.91. The van der Waals surface area contributed by atoms with E-state index in [2.05, 4.69) is 15.5 Å². The van der Waals surface area contributed by atoms with Gasteiger partial charge in [0.05, 0.1) is 5.69 Å². The van der Waals surface area contributed by atoms with Crippen molar-refractivity contribution in [2.75, 3.05) is 18.4 Å². The zero-order valence-corrected chi connectivity index (χ0v) is 16.1. The summed E-state index contributed by atoms with van der Waals surface area (Å²) in [6.07, 6.45) is 3.33. The van der Waals surface area contributed by atoms with E-state index in [9.17, 15) is 13.2 Å². The summed E-state index contributed by atoms with van der Waals surface area (Å²) in [4.78, 5) is 12.6. The number of anilines is 1. The van der Waals surface area contributed by atoms with E-state index in [1.807, 2.05) is 18.2 Å². The van der Waals surface area contributed by atoms with Gasteiger partial charge in [0.15, 0.2) is 5.76 Å². The van der Waals surface area contributed by atoms with Crippen LogP contribution in [-0.4, -0.2) is 41.9 Å². The van der Waals surface area contributed by atoms with E-state index in [4.69, 9.17) is 4.42 Å². The van der Waals surface area contributed by atoms with Crippen molar-refractivity contribution < 1.29 is 17.6 Å². The van der Waals surface area contributed by atoms with Crippen LogP contribution in [-0.2, 0) is 10.0 Å². The van der Waals surface area contributed by atoms with Gasteiger partial charge in [0.2, 0.25) is 10.0 Å². The number of nitrogens with zero attached hydrogens (tertiary/aromatic N) is 2. The maximum Gasteiger partial charge on any atom is 0.291 e. The van der Waals surface area contributed by atoms with Crippen LogP contribution in [0.2, 0.25) is 0 Å². The van der Waals surface area contributed by atoms with Crippen LogP contribution in [0.3, 0.4) is 0 Å². The summed E-state index contributed by atoms with van der Waals surface area (Å²) in [5.41, 5.74) is 2.25. The molecular formula is C19H20N4O4S. The highest BCUT2D eigenvalue weighted by molar-refractivity contribution is 7.89. The molecule has 8 nitrogen and oxygen atoms in total.